The fourth-order valence-corrected chi connectivity index (χ4v) is 3.08. The number of para-hydroxylation sites is 1. The molecule has 2 aromatic carbocycles. The summed E-state index contributed by atoms with van der Waals surface area (Å²) in [7, 11) is 0. The van der Waals surface area contributed by atoms with Crippen LogP contribution in [0.25, 0.3) is 0 Å². The number of alkyl halides is 3. The molecule has 0 aliphatic heterocycles. The van der Waals surface area contributed by atoms with Crippen LogP contribution in [0.15, 0.2) is 47.4 Å². The monoisotopic (exact) mass is 418 g/mol. The molecule has 5 nitrogen and oxygen atoms in total. The number of nitro groups is 1. The molecule has 0 fully saturated rings. The number of anilines is 1. The number of hydrogen-bond acceptors (Lipinski definition) is 4. The van der Waals surface area contributed by atoms with E-state index in [4.69, 9.17) is 34.8 Å². The maximum Gasteiger partial charge on any atom is 0.276 e. The Hall–Kier alpha value is -1.47. The summed E-state index contributed by atoms with van der Waals surface area (Å²) in [6.45, 7) is 1.69. The highest BCUT2D eigenvalue weighted by atomic mass is 35.6. The molecule has 0 aliphatic rings. The second-order valence-corrected chi connectivity index (χ2v) is 8.41. The summed E-state index contributed by atoms with van der Waals surface area (Å²) in [4.78, 5) is 23.2. The third-order valence-corrected chi connectivity index (χ3v) is 4.92. The molecule has 0 aliphatic carbocycles. The van der Waals surface area contributed by atoms with Crippen LogP contribution in [0, 0.1) is 17.0 Å². The van der Waals surface area contributed by atoms with Crippen molar-refractivity contribution in [2.24, 2.45) is 0 Å². The van der Waals surface area contributed by atoms with Crippen molar-refractivity contribution in [1.29, 1.82) is 0 Å². The quantitative estimate of drug-likeness (QED) is 0.300. The Balaban J connectivity index is 2.15. The summed E-state index contributed by atoms with van der Waals surface area (Å²) < 4.78 is -2.06. The SMILES string of the molecule is Cc1ccc(CSc2ccccc2NC(=O)C(Cl)(Cl)Cl)cc1[N+](=O)[O-]. The van der Waals surface area contributed by atoms with Crippen LogP contribution in [0.4, 0.5) is 11.4 Å². The molecule has 0 aromatic heterocycles. The minimum absolute atomic E-state index is 0.0795. The average molecular weight is 420 g/mol. The van der Waals surface area contributed by atoms with E-state index in [1.165, 1.54) is 11.8 Å². The molecule has 2 rings (SSSR count). The second kappa shape index (κ2) is 8.27. The zero-order valence-corrected chi connectivity index (χ0v) is 16.0. The van der Waals surface area contributed by atoms with Gasteiger partial charge in [0.1, 0.15) is 0 Å². The summed E-state index contributed by atoms with van der Waals surface area (Å²) in [6.07, 6.45) is 0. The number of nitrogens with one attached hydrogen (secondary N) is 1. The number of nitrogens with zero attached hydrogens (tertiary/aromatic N) is 1. The summed E-state index contributed by atoms with van der Waals surface area (Å²) in [5.41, 5.74) is 1.99. The van der Waals surface area contributed by atoms with Crippen molar-refractivity contribution in [1.82, 2.24) is 0 Å². The van der Waals surface area contributed by atoms with Gasteiger partial charge in [-0.15, -0.1) is 11.8 Å². The number of halogens is 3. The summed E-state index contributed by atoms with van der Waals surface area (Å²) in [6, 6.07) is 12.1. The molecule has 0 atom stereocenters. The first-order valence-electron chi connectivity index (χ1n) is 7.02. The van der Waals surface area contributed by atoms with Crippen molar-refractivity contribution in [3.63, 3.8) is 0 Å². The highest BCUT2D eigenvalue weighted by Gasteiger charge is 2.31. The van der Waals surface area contributed by atoms with E-state index in [0.29, 0.717) is 17.0 Å². The lowest BCUT2D eigenvalue weighted by Gasteiger charge is -2.14. The molecular weight excluding hydrogens is 407 g/mol. The Bertz CT molecular complexity index is 809. The van der Waals surface area contributed by atoms with Gasteiger partial charge in [-0.25, -0.2) is 0 Å². The molecule has 0 bridgehead atoms. The van der Waals surface area contributed by atoms with E-state index in [-0.39, 0.29) is 5.69 Å². The van der Waals surface area contributed by atoms with E-state index in [1.807, 2.05) is 12.1 Å². The lowest BCUT2D eigenvalue weighted by Crippen LogP contribution is -2.27. The van der Waals surface area contributed by atoms with Crippen LogP contribution in [-0.4, -0.2) is 14.6 Å². The smallest absolute Gasteiger partial charge is 0.276 e. The first-order valence-corrected chi connectivity index (χ1v) is 9.14. The molecule has 0 heterocycles. The van der Waals surface area contributed by atoms with Gasteiger partial charge < -0.3 is 5.32 Å². The van der Waals surface area contributed by atoms with Gasteiger partial charge in [-0.2, -0.15) is 0 Å². The first kappa shape index (κ1) is 19.8. The number of hydrogen-bond donors (Lipinski definition) is 1. The van der Waals surface area contributed by atoms with Crippen LogP contribution in [0.2, 0.25) is 0 Å². The highest BCUT2D eigenvalue weighted by Crippen LogP contribution is 2.33. The van der Waals surface area contributed by atoms with Crippen LogP contribution < -0.4 is 5.32 Å². The number of amides is 1. The number of carbonyl (C=O) groups excluding carboxylic acids is 1. The zero-order chi connectivity index (χ0) is 18.6. The van der Waals surface area contributed by atoms with Crippen molar-refractivity contribution >= 4 is 63.8 Å². The molecule has 0 saturated carbocycles. The third kappa shape index (κ3) is 5.51. The van der Waals surface area contributed by atoms with E-state index < -0.39 is 14.6 Å². The topological polar surface area (TPSA) is 72.2 Å². The van der Waals surface area contributed by atoms with Crippen LogP contribution in [0.3, 0.4) is 0 Å². The Kier molecular flexibility index (Phi) is 6.57. The lowest BCUT2D eigenvalue weighted by atomic mass is 10.1. The van der Waals surface area contributed by atoms with Crippen LogP contribution >= 0.6 is 46.6 Å². The largest absolute Gasteiger partial charge is 0.321 e. The number of aryl methyl sites for hydroxylation is 1. The van der Waals surface area contributed by atoms with Gasteiger partial charge >= 0.3 is 0 Å². The molecule has 25 heavy (non-hydrogen) atoms. The maximum atomic E-state index is 11.8. The van der Waals surface area contributed by atoms with Gasteiger partial charge in [0.2, 0.25) is 0 Å². The molecule has 132 valence electrons. The van der Waals surface area contributed by atoms with Crippen molar-refractivity contribution in [2.45, 2.75) is 21.4 Å². The standard InChI is InChI=1S/C16H13Cl3N2O3S/c1-10-6-7-11(8-13(10)21(23)24)9-25-14-5-3-2-4-12(14)20-15(22)16(17,18)19/h2-8H,9H2,1H3,(H,20,22). The maximum absolute atomic E-state index is 11.8. The van der Waals surface area contributed by atoms with Gasteiger partial charge in [0, 0.05) is 22.3 Å². The van der Waals surface area contributed by atoms with Gasteiger partial charge in [-0.3, -0.25) is 14.9 Å². The molecule has 1 amide bonds. The zero-order valence-electron chi connectivity index (χ0n) is 13.0. The Morgan fingerprint density at radius 2 is 1.92 bits per heavy atom. The molecule has 9 heteroatoms. The van der Waals surface area contributed by atoms with Crippen LogP contribution in [0.5, 0.6) is 0 Å². The highest BCUT2D eigenvalue weighted by molar-refractivity contribution is 7.98. The van der Waals surface area contributed by atoms with Gasteiger partial charge in [0.25, 0.3) is 15.4 Å². The van der Waals surface area contributed by atoms with Crippen molar-refractivity contribution in [3.05, 3.63) is 63.7 Å². The van der Waals surface area contributed by atoms with Crippen molar-refractivity contribution in [2.75, 3.05) is 5.32 Å². The lowest BCUT2D eigenvalue weighted by molar-refractivity contribution is -0.385. The number of benzene rings is 2. The van der Waals surface area contributed by atoms with Crippen LogP contribution in [-0.2, 0) is 10.5 Å². The predicted octanol–water partition coefficient (Wildman–Crippen LogP) is 5.50. The number of rotatable bonds is 5. The summed E-state index contributed by atoms with van der Waals surface area (Å²) in [5, 5.41) is 13.6. The van der Waals surface area contributed by atoms with E-state index >= 15 is 0 Å². The second-order valence-electron chi connectivity index (χ2n) is 5.11. The van der Waals surface area contributed by atoms with Crippen LogP contribution in [0.1, 0.15) is 11.1 Å². The van der Waals surface area contributed by atoms with Gasteiger partial charge in [-0.05, 0) is 24.6 Å². The molecule has 0 radical (unpaired) electrons. The molecule has 1 N–H and O–H groups in total. The molecule has 0 unspecified atom stereocenters. The van der Waals surface area contributed by atoms with E-state index in [1.54, 1.807) is 37.3 Å². The Morgan fingerprint density at radius 3 is 2.56 bits per heavy atom. The minimum atomic E-state index is -2.06. The normalized spacial score (nSPS) is 11.2. The molecule has 0 saturated heterocycles. The van der Waals surface area contributed by atoms with E-state index in [0.717, 1.165) is 10.5 Å². The number of carbonyl (C=O) groups is 1. The fourth-order valence-electron chi connectivity index (χ4n) is 1.99. The van der Waals surface area contributed by atoms with Gasteiger partial charge in [-0.1, -0.05) is 59.1 Å². The molecular formula is C16H13Cl3N2O3S. The van der Waals surface area contributed by atoms with Crippen molar-refractivity contribution in [3.8, 4) is 0 Å². The summed E-state index contributed by atoms with van der Waals surface area (Å²) >= 11 is 18.1. The van der Waals surface area contributed by atoms with E-state index in [9.17, 15) is 14.9 Å². The molecule has 0 spiro atoms. The van der Waals surface area contributed by atoms with Crippen molar-refractivity contribution < 1.29 is 9.72 Å². The third-order valence-electron chi connectivity index (χ3n) is 3.26. The molecule has 2 aromatic rings. The van der Waals surface area contributed by atoms with Gasteiger partial charge in [0.05, 0.1) is 10.6 Å². The number of thioether (sulfide) groups is 1. The fraction of sp³-hybridized carbons (Fsp3) is 0.188. The summed E-state index contributed by atoms with van der Waals surface area (Å²) in [5.74, 6) is -0.265. The Labute approximate surface area is 163 Å². The average Bonchev–Trinajstić information content (AvgIpc) is 2.54. The number of nitro benzene ring substituents is 1. The first-order chi connectivity index (χ1) is 11.7. The van der Waals surface area contributed by atoms with Gasteiger partial charge in [0.15, 0.2) is 0 Å². The minimum Gasteiger partial charge on any atom is -0.321 e. The predicted molar refractivity (Wildman–Crippen MR) is 103 cm³/mol. The Morgan fingerprint density at radius 1 is 1.24 bits per heavy atom. The van der Waals surface area contributed by atoms with E-state index in [2.05, 4.69) is 5.32 Å².